The Labute approximate surface area is 170 Å². The van der Waals surface area contributed by atoms with Crippen molar-refractivity contribution < 1.29 is 13.2 Å². The first-order valence-corrected chi connectivity index (χ1v) is 10.6. The van der Waals surface area contributed by atoms with Crippen LogP contribution in [0, 0.1) is 6.92 Å². The van der Waals surface area contributed by atoms with Gasteiger partial charge in [-0.25, -0.2) is 8.42 Å². The van der Waals surface area contributed by atoms with Gasteiger partial charge in [0.05, 0.1) is 5.69 Å². The predicted octanol–water partition coefficient (Wildman–Crippen LogP) is 4.17. The van der Waals surface area contributed by atoms with Gasteiger partial charge in [-0.2, -0.15) is 0 Å². The molecule has 3 aromatic carbocycles. The molecule has 1 amide bonds. The van der Waals surface area contributed by atoms with Crippen molar-refractivity contribution in [2.75, 3.05) is 16.7 Å². The van der Waals surface area contributed by atoms with Gasteiger partial charge in [0.1, 0.15) is 0 Å². The highest BCUT2D eigenvalue weighted by Gasteiger charge is 2.39. The molecule has 1 heterocycles. The van der Waals surface area contributed by atoms with E-state index in [1.165, 1.54) is 11.4 Å². The van der Waals surface area contributed by atoms with E-state index in [0.717, 1.165) is 5.56 Å². The second-order valence-corrected chi connectivity index (χ2v) is 8.79. The van der Waals surface area contributed by atoms with Crippen molar-refractivity contribution >= 4 is 32.9 Å². The normalized spacial score (nSPS) is 15.0. The monoisotopic (exact) mass is 404 g/mol. The smallest absolute Gasteiger partial charge is 0.270 e. The van der Waals surface area contributed by atoms with E-state index in [2.05, 4.69) is 5.32 Å². The van der Waals surface area contributed by atoms with Crippen LogP contribution in [0.3, 0.4) is 0 Å². The zero-order chi connectivity index (χ0) is 20.6. The van der Waals surface area contributed by atoms with Gasteiger partial charge in [0.15, 0.2) is 4.91 Å². The van der Waals surface area contributed by atoms with Crippen molar-refractivity contribution in [3.05, 3.63) is 100 Å². The van der Waals surface area contributed by atoms with Crippen molar-refractivity contribution in [1.29, 1.82) is 0 Å². The molecule has 3 aromatic rings. The van der Waals surface area contributed by atoms with Gasteiger partial charge in [0, 0.05) is 23.9 Å². The molecule has 0 bridgehead atoms. The molecule has 6 heteroatoms. The number of para-hydroxylation sites is 1. The van der Waals surface area contributed by atoms with E-state index in [-0.39, 0.29) is 4.91 Å². The summed E-state index contributed by atoms with van der Waals surface area (Å²) in [4.78, 5) is 13.0. The fourth-order valence-corrected chi connectivity index (χ4v) is 4.89. The summed E-state index contributed by atoms with van der Waals surface area (Å²) in [6.45, 7) is 1.94. The number of anilines is 2. The van der Waals surface area contributed by atoms with Gasteiger partial charge in [-0.3, -0.25) is 9.10 Å². The molecule has 0 spiro atoms. The Morgan fingerprint density at radius 3 is 2.17 bits per heavy atom. The fourth-order valence-electron chi connectivity index (χ4n) is 3.42. The number of amides is 1. The molecule has 0 radical (unpaired) electrons. The molecule has 146 valence electrons. The maximum absolute atomic E-state index is 13.4. The van der Waals surface area contributed by atoms with E-state index in [1.807, 2.05) is 61.5 Å². The molecule has 0 aromatic heterocycles. The third-order valence-corrected chi connectivity index (χ3v) is 6.76. The van der Waals surface area contributed by atoms with Crippen LogP contribution in [0.2, 0.25) is 0 Å². The van der Waals surface area contributed by atoms with Crippen molar-refractivity contribution in [1.82, 2.24) is 0 Å². The summed E-state index contributed by atoms with van der Waals surface area (Å²) in [6, 6.07) is 23.5. The van der Waals surface area contributed by atoms with Crippen LogP contribution in [-0.4, -0.2) is 21.4 Å². The van der Waals surface area contributed by atoms with Crippen molar-refractivity contribution in [3.63, 3.8) is 0 Å². The van der Waals surface area contributed by atoms with E-state index in [1.54, 1.807) is 24.3 Å². The van der Waals surface area contributed by atoms with Crippen LogP contribution in [0.5, 0.6) is 0 Å². The van der Waals surface area contributed by atoms with Crippen LogP contribution in [0.1, 0.15) is 16.7 Å². The molecule has 0 saturated heterocycles. The summed E-state index contributed by atoms with van der Waals surface area (Å²) in [5.41, 5.74) is 3.90. The lowest BCUT2D eigenvalue weighted by atomic mass is 9.95. The predicted molar refractivity (Wildman–Crippen MR) is 116 cm³/mol. The number of benzene rings is 3. The molecule has 0 atom stereocenters. The summed E-state index contributed by atoms with van der Waals surface area (Å²) in [5, 5.41) is 2.74. The van der Waals surface area contributed by atoms with Gasteiger partial charge in [-0.05, 0) is 30.7 Å². The molecule has 1 N–H and O–H groups in total. The number of nitrogens with zero attached hydrogens (tertiary/aromatic N) is 1. The Morgan fingerprint density at radius 2 is 1.48 bits per heavy atom. The Morgan fingerprint density at radius 1 is 0.862 bits per heavy atom. The van der Waals surface area contributed by atoms with Crippen LogP contribution in [0.25, 0.3) is 5.57 Å². The Kier molecular flexibility index (Phi) is 4.72. The molecule has 0 saturated carbocycles. The van der Waals surface area contributed by atoms with E-state index >= 15 is 0 Å². The van der Waals surface area contributed by atoms with Crippen LogP contribution >= 0.6 is 0 Å². The van der Waals surface area contributed by atoms with Gasteiger partial charge < -0.3 is 5.32 Å². The number of sulfonamides is 1. The van der Waals surface area contributed by atoms with Crippen molar-refractivity contribution in [2.24, 2.45) is 0 Å². The quantitative estimate of drug-likeness (QED) is 0.712. The molecule has 0 aliphatic carbocycles. The van der Waals surface area contributed by atoms with Crippen molar-refractivity contribution in [3.8, 4) is 0 Å². The number of carbonyl (C=O) groups excluding carboxylic acids is 1. The molecule has 0 unspecified atom stereocenters. The fraction of sp³-hybridized carbons (Fsp3) is 0.0870. The van der Waals surface area contributed by atoms with Crippen LogP contribution in [0.15, 0.2) is 83.8 Å². The first kappa shape index (κ1) is 19.0. The highest BCUT2D eigenvalue weighted by Crippen LogP contribution is 2.42. The lowest BCUT2D eigenvalue weighted by Crippen LogP contribution is -2.37. The molecular weight excluding hydrogens is 384 g/mol. The highest BCUT2D eigenvalue weighted by molar-refractivity contribution is 7.97. The number of nitrogens with one attached hydrogen (secondary N) is 1. The molecule has 4 rings (SSSR count). The van der Waals surface area contributed by atoms with E-state index in [0.29, 0.717) is 28.1 Å². The number of carbonyl (C=O) groups is 1. The van der Waals surface area contributed by atoms with Gasteiger partial charge in [-0.15, -0.1) is 0 Å². The highest BCUT2D eigenvalue weighted by atomic mass is 32.2. The summed E-state index contributed by atoms with van der Waals surface area (Å²) >= 11 is 0. The number of rotatable bonds is 3. The van der Waals surface area contributed by atoms with Gasteiger partial charge in [-0.1, -0.05) is 66.2 Å². The van der Waals surface area contributed by atoms with Gasteiger partial charge in [0.2, 0.25) is 0 Å². The number of hydrogen-bond acceptors (Lipinski definition) is 3. The number of aryl methyl sites for hydroxylation is 1. The van der Waals surface area contributed by atoms with Gasteiger partial charge >= 0.3 is 0 Å². The Balaban J connectivity index is 1.95. The van der Waals surface area contributed by atoms with Crippen LogP contribution in [0.4, 0.5) is 11.4 Å². The average molecular weight is 404 g/mol. The molecule has 0 fully saturated rings. The lowest BCUT2D eigenvalue weighted by Gasteiger charge is -2.30. The standard InChI is InChI=1S/C23H20N2O3S/c1-16-12-14-18(15-13-16)24-23(26)22-21(17-8-4-3-5-9-17)19-10-6-7-11-20(19)25(2)29(22,27)28/h3-15H,1-2H3,(H,24,26). The molecular formula is C23H20N2O3S. The number of hydrogen-bond donors (Lipinski definition) is 1. The molecule has 5 nitrogen and oxygen atoms in total. The third kappa shape index (κ3) is 3.32. The van der Waals surface area contributed by atoms with E-state index in [4.69, 9.17) is 0 Å². The minimum absolute atomic E-state index is 0.259. The first-order chi connectivity index (χ1) is 13.9. The summed E-state index contributed by atoms with van der Waals surface area (Å²) in [7, 11) is -2.57. The Bertz CT molecular complexity index is 1210. The second-order valence-electron chi connectivity index (χ2n) is 6.88. The molecule has 29 heavy (non-hydrogen) atoms. The van der Waals surface area contributed by atoms with Crippen LogP contribution in [-0.2, 0) is 14.8 Å². The minimum atomic E-state index is -4.04. The molecule has 1 aliphatic heterocycles. The summed E-state index contributed by atoms with van der Waals surface area (Å²) < 4.78 is 27.9. The zero-order valence-electron chi connectivity index (χ0n) is 16.1. The van der Waals surface area contributed by atoms with Gasteiger partial charge in [0.25, 0.3) is 15.9 Å². The lowest BCUT2D eigenvalue weighted by molar-refractivity contribution is -0.112. The largest absolute Gasteiger partial charge is 0.321 e. The maximum atomic E-state index is 13.4. The third-order valence-electron chi connectivity index (χ3n) is 4.94. The van der Waals surface area contributed by atoms with Crippen LogP contribution < -0.4 is 9.62 Å². The van der Waals surface area contributed by atoms with Crippen molar-refractivity contribution in [2.45, 2.75) is 6.92 Å². The average Bonchev–Trinajstić information content (AvgIpc) is 2.73. The van der Waals surface area contributed by atoms with E-state index < -0.39 is 15.9 Å². The zero-order valence-corrected chi connectivity index (χ0v) is 16.9. The minimum Gasteiger partial charge on any atom is -0.321 e. The van der Waals surface area contributed by atoms with E-state index in [9.17, 15) is 13.2 Å². The topological polar surface area (TPSA) is 66.5 Å². The number of fused-ring (bicyclic) bond motifs is 1. The maximum Gasteiger partial charge on any atom is 0.270 e. The SMILES string of the molecule is Cc1ccc(NC(=O)C2=C(c3ccccc3)c3ccccc3N(C)S2(=O)=O)cc1. The summed E-state index contributed by atoms with van der Waals surface area (Å²) in [6.07, 6.45) is 0. The Hall–Kier alpha value is -3.38. The summed E-state index contributed by atoms with van der Waals surface area (Å²) in [5.74, 6) is -0.658. The second kappa shape index (κ2) is 7.22. The first-order valence-electron chi connectivity index (χ1n) is 9.15. The molecule has 1 aliphatic rings.